The van der Waals surface area contributed by atoms with Crippen molar-refractivity contribution in [2.75, 3.05) is 0 Å². The van der Waals surface area contributed by atoms with Gasteiger partial charge in [-0.05, 0) is 74.8 Å². The second-order valence-corrected chi connectivity index (χ2v) is 12.6. The molecule has 0 radical (unpaired) electrons. The van der Waals surface area contributed by atoms with Crippen molar-refractivity contribution in [1.82, 2.24) is 4.98 Å². The summed E-state index contributed by atoms with van der Waals surface area (Å²) < 4.78 is 32.2. The van der Waals surface area contributed by atoms with Crippen molar-refractivity contribution in [3.63, 3.8) is 0 Å². The molecule has 38 heavy (non-hydrogen) atoms. The molecule has 6 saturated carbocycles. The summed E-state index contributed by atoms with van der Waals surface area (Å²) in [6, 6.07) is 3.26. The van der Waals surface area contributed by atoms with Crippen LogP contribution in [0.5, 0.6) is 0 Å². The van der Waals surface area contributed by atoms with E-state index in [1.165, 1.54) is 13.1 Å². The third-order valence-corrected chi connectivity index (χ3v) is 9.94. The van der Waals surface area contributed by atoms with Crippen molar-refractivity contribution in [2.45, 2.75) is 82.1 Å². The Kier molecular flexibility index (Phi) is 6.05. The summed E-state index contributed by atoms with van der Waals surface area (Å²) >= 11 is 5.87. The smallest absolute Gasteiger partial charge is 0.342 e. The van der Waals surface area contributed by atoms with Gasteiger partial charge in [0, 0.05) is 25.0 Å². The number of hydrogen-bond donors (Lipinski definition) is 2. The number of carboxylic acids is 1. The number of ether oxygens (including phenoxy) is 3. The molecule has 1 aromatic heterocycles. The number of rotatable bonds is 8. The maximum Gasteiger partial charge on any atom is 0.342 e. The highest BCUT2D eigenvalue weighted by Crippen LogP contribution is 2.67. The number of carbonyl (C=O) groups excluding carboxylic acids is 2. The number of fused-ring (bicyclic) bond motifs is 1. The zero-order chi connectivity index (χ0) is 27.0. The Morgan fingerprint density at radius 1 is 1.11 bits per heavy atom. The summed E-state index contributed by atoms with van der Waals surface area (Å²) in [5.41, 5.74) is 1.71. The zero-order valence-corrected chi connectivity index (χ0v) is 21.9. The number of aromatic nitrogens is 1. The van der Waals surface area contributed by atoms with E-state index in [9.17, 15) is 19.5 Å². The molecule has 1 aromatic rings. The molecule has 0 spiro atoms. The molecule has 3 N–H and O–H groups in total. The van der Waals surface area contributed by atoms with Crippen LogP contribution in [0, 0.1) is 35.0 Å². The number of nitrogens with zero attached hydrogens (tertiary/aromatic N) is 1. The first kappa shape index (κ1) is 26.0. The molecule has 4 bridgehead atoms. The number of alkyl halides is 1. The Morgan fingerprint density at radius 2 is 1.71 bits per heavy atom. The number of esters is 2. The SMILES string of the molecule is C[C@@H](OC(=O)C12CC3CC(CC(C3)C1)C2)OC(=O)[C@]1(N)C(OCc2ccc(Cl)cn2)C[C@@H]2[C@H]1[C@@]2(F)C(=O)O. The lowest BCUT2D eigenvalue weighted by atomic mass is 9.49. The van der Waals surface area contributed by atoms with E-state index in [1.54, 1.807) is 12.1 Å². The predicted octanol–water partition coefficient (Wildman–Crippen LogP) is 3.41. The van der Waals surface area contributed by atoms with E-state index in [-0.39, 0.29) is 19.0 Å². The first-order valence-electron chi connectivity index (χ1n) is 13.3. The van der Waals surface area contributed by atoms with E-state index in [4.69, 9.17) is 31.5 Å². The zero-order valence-electron chi connectivity index (χ0n) is 21.1. The molecule has 11 heteroatoms. The topological polar surface area (TPSA) is 138 Å². The van der Waals surface area contributed by atoms with E-state index in [2.05, 4.69) is 4.98 Å². The summed E-state index contributed by atoms with van der Waals surface area (Å²) in [5, 5.41) is 9.93. The van der Waals surface area contributed by atoms with Crippen LogP contribution in [0.15, 0.2) is 18.3 Å². The Balaban J connectivity index is 1.15. The predicted molar refractivity (Wildman–Crippen MR) is 130 cm³/mol. The van der Waals surface area contributed by atoms with Gasteiger partial charge in [-0.3, -0.25) is 9.78 Å². The molecular formula is C27H32ClFN2O7. The lowest BCUT2D eigenvalue weighted by molar-refractivity contribution is -0.207. The van der Waals surface area contributed by atoms with Gasteiger partial charge in [-0.15, -0.1) is 0 Å². The van der Waals surface area contributed by atoms with E-state index >= 15 is 4.39 Å². The van der Waals surface area contributed by atoms with Crippen molar-refractivity contribution in [3.05, 3.63) is 29.0 Å². The van der Waals surface area contributed by atoms with Crippen LogP contribution in [0.2, 0.25) is 5.02 Å². The van der Waals surface area contributed by atoms with Gasteiger partial charge in [0.1, 0.15) is 5.54 Å². The Bertz CT molecular complexity index is 1130. The normalized spacial score (nSPS) is 42.8. The van der Waals surface area contributed by atoms with Crippen LogP contribution in [0.3, 0.4) is 0 Å². The largest absolute Gasteiger partial charge is 0.479 e. The highest BCUT2D eigenvalue weighted by molar-refractivity contribution is 6.30. The van der Waals surface area contributed by atoms with E-state index in [0.29, 0.717) is 28.5 Å². The van der Waals surface area contributed by atoms with Gasteiger partial charge in [0.05, 0.1) is 28.8 Å². The fourth-order valence-electron chi connectivity index (χ4n) is 8.39. The van der Waals surface area contributed by atoms with Crippen LogP contribution < -0.4 is 5.73 Å². The maximum absolute atomic E-state index is 15.3. The van der Waals surface area contributed by atoms with Crippen LogP contribution in [-0.2, 0) is 35.2 Å². The quantitative estimate of drug-likeness (QED) is 0.368. The van der Waals surface area contributed by atoms with Crippen LogP contribution in [-0.4, -0.2) is 51.6 Å². The van der Waals surface area contributed by atoms with Gasteiger partial charge < -0.3 is 25.1 Å². The lowest BCUT2D eigenvalue weighted by Gasteiger charge is -2.55. The first-order valence-corrected chi connectivity index (χ1v) is 13.7. The molecule has 0 aliphatic heterocycles. The van der Waals surface area contributed by atoms with Crippen molar-refractivity contribution in [1.29, 1.82) is 0 Å². The number of hydrogen-bond acceptors (Lipinski definition) is 8. The minimum absolute atomic E-state index is 0.0452. The number of halogens is 2. The summed E-state index contributed by atoms with van der Waals surface area (Å²) in [4.78, 5) is 42.5. The average molecular weight is 551 g/mol. The highest BCUT2D eigenvalue weighted by Gasteiger charge is 2.85. The molecule has 1 heterocycles. The summed E-state index contributed by atoms with van der Waals surface area (Å²) in [7, 11) is 0. The molecule has 6 aliphatic carbocycles. The van der Waals surface area contributed by atoms with Crippen LogP contribution >= 0.6 is 11.6 Å². The summed E-state index contributed by atoms with van der Waals surface area (Å²) in [6.45, 7) is 1.38. The van der Waals surface area contributed by atoms with Crippen molar-refractivity contribution in [2.24, 2.45) is 40.7 Å². The molecule has 0 aromatic carbocycles. The van der Waals surface area contributed by atoms with Gasteiger partial charge in [0.2, 0.25) is 12.0 Å². The van der Waals surface area contributed by atoms with E-state index in [1.807, 2.05) is 0 Å². The third kappa shape index (κ3) is 3.93. The Labute approximate surface area is 224 Å². The average Bonchev–Trinajstić information content (AvgIpc) is 3.33. The number of carboxylic acid groups (broad SMARTS) is 1. The molecule has 9 nitrogen and oxygen atoms in total. The number of aliphatic carboxylic acids is 1. The molecule has 6 aliphatic rings. The van der Waals surface area contributed by atoms with Crippen LogP contribution in [0.1, 0.15) is 57.6 Å². The molecule has 6 fully saturated rings. The lowest BCUT2D eigenvalue weighted by Crippen LogP contribution is -2.61. The minimum Gasteiger partial charge on any atom is -0.479 e. The van der Waals surface area contributed by atoms with Gasteiger partial charge in [-0.1, -0.05) is 11.6 Å². The fourth-order valence-corrected chi connectivity index (χ4v) is 8.50. The summed E-state index contributed by atoms with van der Waals surface area (Å²) in [6.07, 6.45) is 4.95. The first-order chi connectivity index (χ1) is 18.0. The second-order valence-electron chi connectivity index (χ2n) is 12.2. The number of pyridine rings is 1. The summed E-state index contributed by atoms with van der Waals surface area (Å²) in [5.74, 6) is -3.81. The molecular weight excluding hydrogens is 519 g/mol. The monoisotopic (exact) mass is 550 g/mol. The fraction of sp³-hybridized carbons (Fsp3) is 0.704. The van der Waals surface area contributed by atoms with E-state index < -0.39 is 52.8 Å². The minimum atomic E-state index is -2.65. The molecule has 0 saturated heterocycles. The number of nitrogens with two attached hydrogens (primary N) is 1. The van der Waals surface area contributed by atoms with Gasteiger partial charge in [-0.2, -0.15) is 0 Å². The Hall–Kier alpha value is -2.30. The van der Waals surface area contributed by atoms with Gasteiger partial charge >= 0.3 is 17.9 Å². The van der Waals surface area contributed by atoms with Crippen molar-refractivity contribution >= 4 is 29.5 Å². The standard InChI is InChI=1S/C27H32ClFN2O7/c1-13(37-23(34)25-8-14-4-15(9-25)6-16(5-14)10-25)38-24(35)27(30)20(7-19-21(27)26(19,29)22(32)33)36-12-18-3-2-17(28)11-31-18/h2-3,11,13-16,19-21H,4-10,12,30H2,1H3,(H,32,33)/t13-,14?,15?,16?,19+,20?,21-,25?,26+,27-/m0/s1. The highest BCUT2D eigenvalue weighted by atomic mass is 35.5. The third-order valence-electron chi connectivity index (χ3n) is 9.72. The molecule has 1 unspecified atom stereocenters. The van der Waals surface area contributed by atoms with Gasteiger partial charge in [0.25, 0.3) is 0 Å². The Morgan fingerprint density at radius 3 is 2.26 bits per heavy atom. The molecule has 0 amide bonds. The van der Waals surface area contributed by atoms with Crippen LogP contribution in [0.25, 0.3) is 0 Å². The van der Waals surface area contributed by atoms with Crippen molar-refractivity contribution < 1.29 is 38.1 Å². The van der Waals surface area contributed by atoms with E-state index in [0.717, 1.165) is 38.5 Å². The molecule has 7 rings (SSSR count). The molecule has 206 valence electrons. The maximum atomic E-state index is 15.3. The van der Waals surface area contributed by atoms with Crippen LogP contribution in [0.4, 0.5) is 4.39 Å². The number of carbonyl (C=O) groups is 3. The van der Waals surface area contributed by atoms with Crippen molar-refractivity contribution in [3.8, 4) is 0 Å². The van der Waals surface area contributed by atoms with Gasteiger partial charge in [-0.25, -0.2) is 14.0 Å². The second kappa shape index (κ2) is 8.86. The molecule has 6 atom stereocenters. The van der Waals surface area contributed by atoms with Gasteiger partial charge in [0.15, 0.2) is 0 Å².